The summed E-state index contributed by atoms with van der Waals surface area (Å²) in [5.41, 5.74) is 8.18. The second kappa shape index (κ2) is 8.77. The van der Waals surface area contributed by atoms with Gasteiger partial charge in [0.05, 0.1) is 11.1 Å². The van der Waals surface area contributed by atoms with Crippen LogP contribution in [0.5, 0.6) is 0 Å². The Kier molecular flexibility index (Phi) is 5.92. The predicted molar refractivity (Wildman–Crippen MR) is 116 cm³/mol. The summed E-state index contributed by atoms with van der Waals surface area (Å²) in [5, 5.41) is 19.7. The van der Waals surface area contributed by atoms with E-state index in [1.54, 1.807) is 0 Å². The second-order valence-corrected chi connectivity index (χ2v) is 8.68. The van der Waals surface area contributed by atoms with Crippen molar-refractivity contribution in [3.8, 4) is 12.1 Å². The number of carbonyl (C=O) groups is 1. The Bertz CT molecular complexity index is 1030. The molecule has 1 amide bonds. The van der Waals surface area contributed by atoms with Crippen molar-refractivity contribution in [3.63, 3.8) is 0 Å². The van der Waals surface area contributed by atoms with Crippen LogP contribution in [0, 0.1) is 29.1 Å². The van der Waals surface area contributed by atoms with E-state index in [1.165, 1.54) is 11.8 Å². The number of anilines is 1. The van der Waals surface area contributed by atoms with Crippen LogP contribution in [-0.4, -0.2) is 24.0 Å². The van der Waals surface area contributed by atoms with Crippen molar-refractivity contribution in [1.82, 2.24) is 4.98 Å². The van der Waals surface area contributed by atoms with E-state index in [-0.39, 0.29) is 5.92 Å². The SMILES string of the molecule is N#Cc1c(SC(C(N)=O)c2ccccc2)nc(N2C[CH]CCC2)c(C#N)c1C1CC1. The molecule has 0 spiro atoms. The number of amides is 1. The molecule has 2 heterocycles. The molecular weight excluding hydrogens is 394 g/mol. The van der Waals surface area contributed by atoms with Crippen molar-refractivity contribution in [2.24, 2.45) is 5.73 Å². The van der Waals surface area contributed by atoms with E-state index >= 15 is 0 Å². The minimum atomic E-state index is -0.661. The van der Waals surface area contributed by atoms with Crippen LogP contribution in [-0.2, 0) is 4.79 Å². The van der Waals surface area contributed by atoms with E-state index < -0.39 is 11.2 Å². The van der Waals surface area contributed by atoms with Gasteiger partial charge in [0.2, 0.25) is 5.91 Å². The maximum atomic E-state index is 12.3. The summed E-state index contributed by atoms with van der Waals surface area (Å²) in [7, 11) is 0. The third-order valence-electron chi connectivity index (χ3n) is 5.47. The topological polar surface area (TPSA) is 107 Å². The van der Waals surface area contributed by atoms with Gasteiger partial charge in [-0.15, -0.1) is 0 Å². The number of benzene rings is 1. The van der Waals surface area contributed by atoms with E-state index in [2.05, 4.69) is 23.5 Å². The summed E-state index contributed by atoms with van der Waals surface area (Å²) < 4.78 is 0. The number of nitrogens with two attached hydrogens (primary N) is 1. The van der Waals surface area contributed by atoms with Gasteiger partial charge in [0, 0.05) is 13.1 Å². The number of nitrogens with zero attached hydrogens (tertiary/aromatic N) is 4. The van der Waals surface area contributed by atoms with Crippen LogP contribution in [0.4, 0.5) is 5.82 Å². The number of carbonyl (C=O) groups excluding carboxylic acids is 1. The number of hydrogen-bond acceptors (Lipinski definition) is 6. The lowest BCUT2D eigenvalue weighted by Crippen LogP contribution is -2.32. The summed E-state index contributed by atoms with van der Waals surface area (Å²) >= 11 is 1.20. The highest BCUT2D eigenvalue weighted by Gasteiger charge is 2.35. The molecule has 30 heavy (non-hydrogen) atoms. The first-order chi connectivity index (χ1) is 14.6. The number of thioether (sulfide) groups is 1. The van der Waals surface area contributed by atoms with Gasteiger partial charge in [-0.2, -0.15) is 10.5 Å². The van der Waals surface area contributed by atoms with Crippen molar-refractivity contribution < 1.29 is 4.79 Å². The lowest BCUT2D eigenvalue weighted by molar-refractivity contribution is -0.117. The molecule has 1 aliphatic carbocycles. The Balaban J connectivity index is 1.84. The van der Waals surface area contributed by atoms with E-state index in [0.717, 1.165) is 49.9 Å². The summed E-state index contributed by atoms with van der Waals surface area (Å²) in [6.45, 7) is 1.54. The molecule has 0 bridgehead atoms. The first-order valence-corrected chi connectivity index (χ1v) is 11.0. The molecule has 2 N–H and O–H groups in total. The van der Waals surface area contributed by atoms with Crippen LogP contribution < -0.4 is 10.6 Å². The zero-order chi connectivity index (χ0) is 21.1. The second-order valence-electron chi connectivity index (χ2n) is 7.59. The molecule has 2 aromatic rings. The van der Waals surface area contributed by atoms with E-state index in [0.29, 0.717) is 22.0 Å². The van der Waals surface area contributed by atoms with Crippen LogP contribution in [0.2, 0.25) is 0 Å². The summed E-state index contributed by atoms with van der Waals surface area (Å²) in [6.07, 6.45) is 6.15. The van der Waals surface area contributed by atoms with E-state index in [4.69, 9.17) is 10.7 Å². The zero-order valence-electron chi connectivity index (χ0n) is 16.5. The highest BCUT2D eigenvalue weighted by molar-refractivity contribution is 8.00. The van der Waals surface area contributed by atoms with Crippen LogP contribution in [0.1, 0.15) is 59.1 Å². The van der Waals surface area contributed by atoms with Crippen LogP contribution in [0.3, 0.4) is 0 Å². The molecule has 1 aromatic carbocycles. The van der Waals surface area contributed by atoms with Gasteiger partial charge in [0.1, 0.15) is 28.2 Å². The van der Waals surface area contributed by atoms with Crippen molar-refractivity contribution in [2.45, 2.75) is 41.9 Å². The van der Waals surface area contributed by atoms with Gasteiger partial charge in [-0.1, -0.05) is 42.1 Å². The molecule has 2 fully saturated rings. The third-order valence-corrected chi connectivity index (χ3v) is 6.73. The van der Waals surface area contributed by atoms with Crippen molar-refractivity contribution >= 4 is 23.5 Å². The maximum absolute atomic E-state index is 12.3. The molecule has 151 valence electrons. The smallest absolute Gasteiger partial charge is 0.235 e. The first-order valence-electron chi connectivity index (χ1n) is 10.1. The summed E-state index contributed by atoms with van der Waals surface area (Å²) in [4.78, 5) is 19.1. The number of rotatable bonds is 6. The quantitative estimate of drug-likeness (QED) is 0.717. The molecule has 6 nitrogen and oxygen atoms in total. The van der Waals surface area contributed by atoms with Crippen LogP contribution in [0.25, 0.3) is 0 Å². The molecule has 1 aromatic heterocycles. The van der Waals surface area contributed by atoms with Gasteiger partial charge in [0.15, 0.2) is 0 Å². The molecule has 1 saturated carbocycles. The molecule has 4 rings (SSSR count). The van der Waals surface area contributed by atoms with Gasteiger partial charge < -0.3 is 10.6 Å². The largest absolute Gasteiger partial charge is 0.368 e. The standard InChI is InChI=1S/C23H22N5OS/c24-13-17-19(15-9-10-15)18(14-25)23(27-22(17)28-11-5-2-6-12-28)30-20(21(26)29)16-7-3-1-4-8-16/h1,3-5,7-8,15,20H,2,6,9-12H2,(H2,26,29). The lowest BCUT2D eigenvalue weighted by atomic mass is 9.99. The van der Waals surface area contributed by atoms with E-state index in [1.807, 2.05) is 30.3 Å². The van der Waals surface area contributed by atoms with Crippen LogP contribution in [0.15, 0.2) is 35.4 Å². The zero-order valence-corrected chi connectivity index (χ0v) is 17.4. The number of pyridine rings is 1. The summed E-state index contributed by atoms with van der Waals surface area (Å²) in [6, 6.07) is 13.9. The molecule has 1 saturated heterocycles. The van der Waals surface area contributed by atoms with Gasteiger partial charge in [0.25, 0.3) is 0 Å². The molecule has 2 aliphatic rings. The third kappa shape index (κ3) is 3.99. The number of primary amides is 1. The minimum Gasteiger partial charge on any atom is -0.368 e. The lowest BCUT2D eigenvalue weighted by Gasteiger charge is -2.30. The molecule has 7 heteroatoms. The average Bonchev–Trinajstić information content (AvgIpc) is 3.62. The number of piperidine rings is 1. The minimum absolute atomic E-state index is 0.202. The van der Waals surface area contributed by atoms with E-state index in [9.17, 15) is 15.3 Å². The fourth-order valence-electron chi connectivity index (χ4n) is 3.87. The highest BCUT2D eigenvalue weighted by Crippen LogP contribution is 2.48. The number of nitriles is 2. The Labute approximate surface area is 180 Å². The Morgan fingerprint density at radius 2 is 1.93 bits per heavy atom. The number of hydrogen-bond donors (Lipinski definition) is 1. The van der Waals surface area contributed by atoms with Gasteiger partial charge in [-0.3, -0.25) is 4.79 Å². The van der Waals surface area contributed by atoms with Crippen LogP contribution >= 0.6 is 11.8 Å². The van der Waals surface area contributed by atoms with Gasteiger partial charge in [-0.25, -0.2) is 4.98 Å². The fraction of sp³-hybridized carbons (Fsp3) is 0.348. The van der Waals surface area contributed by atoms with Crippen molar-refractivity contribution in [3.05, 3.63) is 59.0 Å². The Hall–Kier alpha value is -3.03. The molecule has 1 atom stereocenters. The number of aromatic nitrogens is 1. The molecule has 1 unspecified atom stereocenters. The molecule has 1 radical (unpaired) electrons. The summed E-state index contributed by atoms with van der Waals surface area (Å²) in [5.74, 6) is 0.336. The normalized spacial score (nSPS) is 17.1. The Morgan fingerprint density at radius 3 is 2.50 bits per heavy atom. The monoisotopic (exact) mass is 416 g/mol. The highest BCUT2D eigenvalue weighted by atomic mass is 32.2. The van der Waals surface area contributed by atoms with Crippen molar-refractivity contribution in [1.29, 1.82) is 10.5 Å². The molecular formula is C23H22N5OS. The molecule has 1 aliphatic heterocycles. The maximum Gasteiger partial charge on any atom is 0.235 e. The van der Waals surface area contributed by atoms with Gasteiger partial charge >= 0.3 is 0 Å². The first kappa shape index (κ1) is 20.3. The predicted octanol–water partition coefficient (Wildman–Crippen LogP) is 3.83. The average molecular weight is 417 g/mol. The van der Waals surface area contributed by atoms with Crippen molar-refractivity contribution in [2.75, 3.05) is 18.0 Å². The fourth-order valence-corrected chi connectivity index (χ4v) is 4.91. The Morgan fingerprint density at radius 1 is 1.20 bits per heavy atom. The van der Waals surface area contributed by atoms with Gasteiger partial charge in [-0.05, 0) is 49.1 Å².